The van der Waals surface area contributed by atoms with Crippen molar-refractivity contribution in [2.75, 3.05) is 19.8 Å². The van der Waals surface area contributed by atoms with Crippen LogP contribution in [0.3, 0.4) is 0 Å². The number of pyridine rings is 1. The Kier molecular flexibility index (Phi) is 2.65. The Hall–Kier alpha value is -1.40. The molecule has 1 amide bonds. The molecule has 2 aromatic rings. The number of hydrogen-bond donors (Lipinski definition) is 1. The van der Waals surface area contributed by atoms with E-state index >= 15 is 0 Å². The number of halogens is 1. The van der Waals surface area contributed by atoms with Crippen molar-refractivity contribution in [3.63, 3.8) is 0 Å². The molecular formula is C14H14BrN3O2. The first kappa shape index (κ1) is 12.3. The van der Waals surface area contributed by atoms with Crippen LogP contribution in [0.25, 0.3) is 11.0 Å². The van der Waals surface area contributed by atoms with Gasteiger partial charge in [0.1, 0.15) is 5.65 Å². The number of carbonyl (C=O) groups is 1. The first-order valence-corrected chi connectivity index (χ1v) is 7.51. The Morgan fingerprint density at radius 1 is 1.50 bits per heavy atom. The van der Waals surface area contributed by atoms with Gasteiger partial charge in [-0.2, -0.15) is 0 Å². The van der Waals surface area contributed by atoms with Gasteiger partial charge >= 0.3 is 0 Å². The van der Waals surface area contributed by atoms with Crippen molar-refractivity contribution in [3.05, 3.63) is 28.5 Å². The number of nitrogens with one attached hydrogen (secondary N) is 1. The lowest BCUT2D eigenvalue weighted by Crippen LogP contribution is -2.50. The van der Waals surface area contributed by atoms with E-state index in [9.17, 15) is 4.79 Å². The summed E-state index contributed by atoms with van der Waals surface area (Å²) in [4.78, 5) is 22.2. The van der Waals surface area contributed by atoms with E-state index in [1.54, 1.807) is 12.4 Å². The van der Waals surface area contributed by atoms with Crippen LogP contribution >= 0.6 is 15.9 Å². The zero-order valence-electron chi connectivity index (χ0n) is 10.9. The summed E-state index contributed by atoms with van der Waals surface area (Å²) in [7, 11) is 0. The highest BCUT2D eigenvalue weighted by molar-refractivity contribution is 9.10. The minimum absolute atomic E-state index is 0.0433. The highest BCUT2D eigenvalue weighted by Crippen LogP contribution is 2.44. The predicted molar refractivity (Wildman–Crippen MR) is 77.6 cm³/mol. The Morgan fingerprint density at radius 2 is 2.35 bits per heavy atom. The number of fused-ring (bicyclic) bond motifs is 1. The molecule has 3 heterocycles. The number of amides is 1. The molecule has 104 valence electrons. The molecule has 6 heteroatoms. The van der Waals surface area contributed by atoms with Crippen LogP contribution in [0.2, 0.25) is 0 Å². The normalized spacial score (nSPS) is 20.6. The Labute approximate surface area is 124 Å². The molecule has 5 nitrogen and oxygen atoms in total. The third-order valence-corrected chi connectivity index (χ3v) is 4.64. The Bertz CT molecular complexity index is 693. The fourth-order valence-electron chi connectivity index (χ4n) is 2.91. The number of morpholine rings is 1. The zero-order chi connectivity index (χ0) is 13.7. The molecule has 1 spiro atoms. The maximum absolute atomic E-state index is 12.8. The van der Waals surface area contributed by atoms with Gasteiger partial charge in [-0.05, 0) is 34.8 Å². The number of rotatable bonds is 1. The lowest BCUT2D eigenvalue weighted by Gasteiger charge is -2.36. The van der Waals surface area contributed by atoms with E-state index in [1.165, 1.54) is 0 Å². The first-order chi connectivity index (χ1) is 9.70. The molecule has 1 N–H and O–H groups in total. The van der Waals surface area contributed by atoms with Crippen LogP contribution < -0.4 is 0 Å². The van der Waals surface area contributed by atoms with Crippen molar-refractivity contribution in [2.45, 2.75) is 18.4 Å². The predicted octanol–water partition coefficient (Wildman–Crippen LogP) is 2.33. The van der Waals surface area contributed by atoms with Crippen LogP contribution in [0.5, 0.6) is 0 Å². The maximum atomic E-state index is 12.8. The molecule has 0 unspecified atom stereocenters. The molecule has 20 heavy (non-hydrogen) atoms. The van der Waals surface area contributed by atoms with Crippen LogP contribution in [0.15, 0.2) is 22.9 Å². The van der Waals surface area contributed by atoms with E-state index in [-0.39, 0.29) is 11.4 Å². The Morgan fingerprint density at radius 3 is 3.15 bits per heavy atom. The van der Waals surface area contributed by atoms with Crippen molar-refractivity contribution in [1.82, 2.24) is 14.9 Å². The summed E-state index contributed by atoms with van der Waals surface area (Å²) in [6.07, 6.45) is 5.58. The van der Waals surface area contributed by atoms with Gasteiger partial charge in [0.2, 0.25) is 0 Å². The van der Waals surface area contributed by atoms with Crippen LogP contribution in [-0.2, 0) is 4.74 Å². The molecule has 2 aliphatic rings. The Balaban J connectivity index is 1.75. The maximum Gasteiger partial charge on any atom is 0.256 e. The minimum atomic E-state index is -0.0433. The van der Waals surface area contributed by atoms with Crippen molar-refractivity contribution >= 4 is 32.9 Å². The van der Waals surface area contributed by atoms with Gasteiger partial charge in [-0.15, -0.1) is 0 Å². The summed E-state index contributed by atoms with van der Waals surface area (Å²) >= 11 is 3.41. The van der Waals surface area contributed by atoms with Crippen molar-refractivity contribution in [2.24, 2.45) is 0 Å². The molecule has 1 saturated carbocycles. The van der Waals surface area contributed by atoms with E-state index in [1.807, 2.05) is 11.0 Å². The summed E-state index contributed by atoms with van der Waals surface area (Å²) in [6.45, 7) is 1.97. The number of ether oxygens (including phenoxy) is 1. The lowest BCUT2D eigenvalue weighted by atomic mass is 10.1. The van der Waals surface area contributed by atoms with Gasteiger partial charge in [0.25, 0.3) is 5.91 Å². The van der Waals surface area contributed by atoms with Crippen molar-refractivity contribution < 1.29 is 9.53 Å². The second kappa shape index (κ2) is 4.30. The fraction of sp³-hybridized carbons (Fsp3) is 0.429. The number of aromatic nitrogens is 2. The minimum Gasteiger partial charge on any atom is -0.377 e. The van der Waals surface area contributed by atoms with E-state index < -0.39 is 0 Å². The summed E-state index contributed by atoms with van der Waals surface area (Å²) in [5.41, 5.74) is 1.40. The van der Waals surface area contributed by atoms with E-state index in [4.69, 9.17) is 4.74 Å². The second-order valence-corrected chi connectivity index (χ2v) is 6.40. The summed E-state index contributed by atoms with van der Waals surface area (Å²) in [5, 5.41) is 0.867. The standard InChI is InChI=1S/C14H14BrN3O2/c15-9-5-10-11(7-17-12(10)16-6-9)13(19)18-3-4-20-8-14(18)1-2-14/h5-7H,1-4,8H2,(H,16,17). The average Bonchev–Trinajstić information content (AvgIpc) is 3.09. The lowest BCUT2D eigenvalue weighted by molar-refractivity contribution is -0.0116. The third kappa shape index (κ3) is 1.78. The van der Waals surface area contributed by atoms with Gasteiger partial charge in [-0.3, -0.25) is 4.79 Å². The third-order valence-electron chi connectivity index (χ3n) is 4.20. The van der Waals surface area contributed by atoms with Gasteiger partial charge in [0.15, 0.2) is 0 Å². The summed E-state index contributed by atoms with van der Waals surface area (Å²) in [5.74, 6) is 0.0805. The highest BCUT2D eigenvalue weighted by atomic mass is 79.9. The number of hydrogen-bond acceptors (Lipinski definition) is 3. The average molecular weight is 336 g/mol. The monoisotopic (exact) mass is 335 g/mol. The van der Waals surface area contributed by atoms with Gasteiger partial charge in [-0.1, -0.05) is 0 Å². The molecule has 0 atom stereocenters. The number of nitrogens with zero attached hydrogens (tertiary/aromatic N) is 2. The highest BCUT2D eigenvalue weighted by Gasteiger charge is 2.52. The smallest absolute Gasteiger partial charge is 0.256 e. The molecule has 1 saturated heterocycles. The van der Waals surface area contributed by atoms with Crippen LogP contribution in [-0.4, -0.2) is 46.1 Å². The zero-order valence-corrected chi connectivity index (χ0v) is 12.4. The van der Waals surface area contributed by atoms with Crippen molar-refractivity contribution in [3.8, 4) is 0 Å². The number of carbonyl (C=O) groups excluding carboxylic acids is 1. The molecule has 0 radical (unpaired) electrons. The largest absolute Gasteiger partial charge is 0.377 e. The number of aromatic amines is 1. The van der Waals surface area contributed by atoms with Gasteiger partial charge in [0.05, 0.1) is 24.3 Å². The SMILES string of the molecule is O=C(c1c[nH]c2ncc(Br)cc12)N1CCOCC12CC2. The second-order valence-electron chi connectivity index (χ2n) is 5.49. The molecule has 4 rings (SSSR count). The molecule has 0 aromatic carbocycles. The molecular weight excluding hydrogens is 322 g/mol. The molecule has 0 bridgehead atoms. The van der Waals surface area contributed by atoms with Crippen LogP contribution in [0.1, 0.15) is 23.2 Å². The van der Waals surface area contributed by atoms with Crippen LogP contribution in [0, 0.1) is 0 Å². The van der Waals surface area contributed by atoms with Gasteiger partial charge in [-0.25, -0.2) is 4.98 Å². The number of H-pyrrole nitrogens is 1. The fourth-order valence-corrected chi connectivity index (χ4v) is 3.24. The van der Waals surface area contributed by atoms with Gasteiger partial charge in [0, 0.05) is 28.8 Å². The van der Waals surface area contributed by atoms with E-state index in [0.717, 1.165) is 28.3 Å². The molecule has 1 aliphatic carbocycles. The molecule has 2 fully saturated rings. The van der Waals surface area contributed by atoms with Crippen molar-refractivity contribution in [1.29, 1.82) is 0 Å². The van der Waals surface area contributed by atoms with Crippen LogP contribution in [0.4, 0.5) is 0 Å². The quantitative estimate of drug-likeness (QED) is 0.870. The van der Waals surface area contributed by atoms with Gasteiger partial charge < -0.3 is 14.6 Å². The molecule has 1 aliphatic heterocycles. The first-order valence-electron chi connectivity index (χ1n) is 6.72. The summed E-state index contributed by atoms with van der Waals surface area (Å²) in [6, 6.07) is 1.94. The summed E-state index contributed by atoms with van der Waals surface area (Å²) < 4.78 is 6.41. The topological polar surface area (TPSA) is 58.2 Å². The van der Waals surface area contributed by atoms with E-state index in [2.05, 4.69) is 25.9 Å². The van der Waals surface area contributed by atoms with E-state index in [0.29, 0.717) is 25.3 Å². The molecule has 2 aromatic heterocycles.